The van der Waals surface area contributed by atoms with Crippen LogP contribution in [0.3, 0.4) is 0 Å². The molecule has 0 aromatic carbocycles. The lowest BCUT2D eigenvalue weighted by Gasteiger charge is -2.34. The van der Waals surface area contributed by atoms with E-state index in [-0.39, 0.29) is 19.1 Å². The van der Waals surface area contributed by atoms with Gasteiger partial charge in [0.15, 0.2) is 0 Å². The zero-order valence-electron chi connectivity index (χ0n) is 10.6. The van der Waals surface area contributed by atoms with Crippen molar-refractivity contribution in [3.63, 3.8) is 0 Å². The molecular formula is C10H21N2O5P. The summed E-state index contributed by atoms with van der Waals surface area (Å²) in [6.07, 6.45) is 2.18. The molecule has 1 saturated heterocycles. The van der Waals surface area contributed by atoms with Crippen molar-refractivity contribution < 1.29 is 23.7 Å². The smallest absolute Gasteiger partial charge is 0.338 e. The van der Waals surface area contributed by atoms with Crippen LogP contribution in [0.2, 0.25) is 0 Å². The van der Waals surface area contributed by atoms with Crippen LogP contribution in [0.25, 0.3) is 0 Å². The van der Waals surface area contributed by atoms with Crippen molar-refractivity contribution in [2.45, 2.75) is 19.8 Å². The van der Waals surface area contributed by atoms with Crippen LogP contribution in [0.4, 0.5) is 0 Å². The van der Waals surface area contributed by atoms with Crippen LogP contribution in [0, 0.1) is 0 Å². The number of nitrogens with zero attached hydrogens (tertiary/aromatic N) is 2. The Bertz CT molecular complexity index is 319. The van der Waals surface area contributed by atoms with Crippen LogP contribution >= 0.6 is 7.82 Å². The second kappa shape index (κ2) is 7.21. The first kappa shape index (κ1) is 15.6. The van der Waals surface area contributed by atoms with Crippen molar-refractivity contribution in [2.24, 2.45) is 0 Å². The van der Waals surface area contributed by atoms with Gasteiger partial charge in [-0.1, -0.05) is 13.3 Å². The topological polar surface area (TPSA) is 90.3 Å². The summed E-state index contributed by atoms with van der Waals surface area (Å²) in [4.78, 5) is 32.5. The predicted octanol–water partition coefficient (Wildman–Crippen LogP) is 0.0400. The number of piperazine rings is 1. The predicted molar refractivity (Wildman–Crippen MR) is 65.9 cm³/mol. The summed E-state index contributed by atoms with van der Waals surface area (Å²) in [5.74, 6) is -0.00772. The van der Waals surface area contributed by atoms with Crippen LogP contribution in [-0.4, -0.2) is 64.8 Å². The minimum atomic E-state index is -4.43. The Morgan fingerprint density at radius 1 is 1.33 bits per heavy atom. The van der Waals surface area contributed by atoms with Crippen molar-refractivity contribution in [2.75, 3.05) is 39.3 Å². The molecule has 0 radical (unpaired) electrons. The van der Waals surface area contributed by atoms with Gasteiger partial charge < -0.3 is 14.7 Å². The molecule has 0 bridgehead atoms. The first-order valence-electron chi connectivity index (χ1n) is 6.12. The summed E-state index contributed by atoms with van der Waals surface area (Å²) in [5.41, 5.74) is 0. The fourth-order valence-electron chi connectivity index (χ4n) is 1.84. The maximum atomic E-state index is 11.8. The zero-order valence-corrected chi connectivity index (χ0v) is 11.5. The van der Waals surface area contributed by atoms with Crippen molar-refractivity contribution in [3.05, 3.63) is 0 Å². The number of hydrogen-bond acceptors (Lipinski definition) is 4. The summed E-state index contributed by atoms with van der Waals surface area (Å²) < 4.78 is 14.8. The molecule has 1 aliphatic heterocycles. The normalized spacial score (nSPS) is 18.4. The highest BCUT2D eigenvalue weighted by molar-refractivity contribution is 7.46. The lowest BCUT2D eigenvalue weighted by Crippen LogP contribution is -2.51. The summed E-state index contributed by atoms with van der Waals surface area (Å²) in [7, 11) is -4.43. The monoisotopic (exact) mass is 280 g/mol. The summed E-state index contributed by atoms with van der Waals surface area (Å²) in [6, 6.07) is 0. The molecule has 0 aliphatic carbocycles. The third-order valence-electron chi connectivity index (χ3n) is 2.85. The van der Waals surface area contributed by atoms with Gasteiger partial charge in [-0.3, -0.25) is 14.2 Å². The number of phosphoric acid groups is 1. The Hall–Kier alpha value is -0.460. The molecule has 1 rings (SSSR count). The van der Waals surface area contributed by atoms with Crippen LogP contribution in [0.1, 0.15) is 19.8 Å². The second-order valence-electron chi connectivity index (χ2n) is 4.33. The van der Waals surface area contributed by atoms with Crippen LogP contribution < -0.4 is 0 Å². The molecule has 18 heavy (non-hydrogen) atoms. The van der Waals surface area contributed by atoms with E-state index >= 15 is 0 Å². The molecule has 0 atom stereocenters. The van der Waals surface area contributed by atoms with Crippen molar-refractivity contribution >= 4 is 13.7 Å². The van der Waals surface area contributed by atoms with Gasteiger partial charge in [-0.2, -0.15) is 0 Å². The second-order valence-corrected chi connectivity index (χ2v) is 5.57. The first-order valence-corrected chi connectivity index (χ1v) is 7.65. The molecule has 1 fully saturated rings. The fraction of sp³-hybridized carbons (Fsp3) is 0.900. The van der Waals surface area contributed by atoms with Gasteiger partial charge in [0.05, 0.1) is 13.2 Å². The number of amides is 1. The molecule has 1 amide bonds. The molecule has 0 aromatic heterocycles. The van der Waals surface area contributed by atoms with Crippen molar-refractivity contribution in [1.82, 2.24) is 9.80 Å². The van der Waals surface area contributed by atoms with E-state index < -0.39 is 7.82 Å². The van der Waals surface area contributed by atoms with E-state index in [4.69, 9.17) is 9.79 Å². The summed E-state index contributed by atoms with van der Waals surface area (Å²) in [5, 5.41) is 0. The highest BCUT2D eigenvalue weighted by Crippen LogP contribution is 2.35. The molecular weight excluding hydrogens is 259 g/mol. The van der Waals surface area contributed by atoms with Crippen molar-refractivity contribution in [3.8, 4) is 0 Å². The van der Waals surface area contributed by atoms with Crippen LogP contribution in [0.5, 0.6) is 0 Å². The van der Waals surface area contributed by atoms with E-state index in [1.807, 2.05) is 0 Å². The van der Waals surface area contributed by atoms with Gasteiger partial charge in [-0.05, 0) is 13.0 Å². The van der Waals surface area contributed by atoms with E-state index in [1.54, 1.807) is 4.90 Å². The van der Waals surface area contributed by atoms with E-state index in [2.05, 4.69) is 16.3 Å². The number of carbonyl (C=O) groups is 1. The van der Waals surface area contributed by atoms with E-state index in [9.17, 15) is 9.36 Å². The van der Waals surface area contributed by atoms with E-state index in [0.717, 1.165) is 25.9 Å². The Morgan fingerprint density at radius 2 is 2.06 bits per heavy atom. The number of unbranched alkanes of at least 4 members (excludes halogenated alkanes) is 1. The lowest BCUT2D eigenvalue weighted by molar-refractivity contribution is -0.136. The van der Waals surface area contributed by atoms with Gasteiger partial charge in [0.25, 0.3) is 0 Å². The Labute approximate surface area is 107 Å². The summed E-state index contributed by atoms with van der Waals surface area (Å²) in [6.45, 7) is 4.91. The molecule has 1 heterocycles. The molecule has 8 heteroatoms. The minimum absolute atomic E-state index is 0.00772. The molecule has 7 nitrogen and oxygen atoms in total. The average Bonchev–Trinajstić information content (AvgIpc) is 2.27. The molecule has 0 spiro atoms. The lowest BCUT2D eigenvalue weighted by atomic mass is 10.2. The van der Waals surface area contributed by atoms with Gasteiger partial charge >= 0.3 is 7.82 Å². The largest absolute Gasteiger partial charge is 0.469 e. The Kier molecular flexibility index (Phi) is 6.25. The molecule has 1 aliphatic rings. The van der Waals surface area contributed by atoms with Crippen molar-refractivity contribution in [1.29, 1.82) is 0 Å². The van der Waals surface area contributed by atoms with Gasteiger partial charge in [-0.15, -0.1) is 0 Å². The van der Waals surface area contributed by atoms with Gasteiger partial charge in [-0.25, -0.2) is 4.57 Å². The number of hydrogen-bond donors (Lipinski definition) is 2. The average molecular weight is 280 g/mol. The Morgan fingerprint density at radius 3 is 2.61 bits per heavy atom. The maximum absolute atomic E-state index is 11.8. The zero-order chi connectivity index (χ0) is 13.6. The van der Waals surface area contributed by atoms with Crippen LogP contribution in [0.15, 0.2) is 0 Å². The van der Waals surface area contributed by atoms with E-state index in [0.29, 0.717) is 13.1 Å². The number of carbonyl (C=O) groups excluding carboxylic acids is 1. The SMILES string of the molecule is CCCCN1CCN(CCOP(=O)(O)O)C(=O)C1. The van der Waals surface area contributed by atoms with Crippen LogP contribution in [-0.2, 0) is 13.9 Å². The quantitative estimate of drug-likeness (QED) is 0.640. The van der Waals surface area contributed by atoms with Gasteiger partial charge in [0, 0.05) is 19.6 Å². The fourth-order valence-corrected chi connectivity index (χ4v) is 2.16. The van der Waals surface area contributed by atoms with Gasteiger partial charge in [0.2, 0.25) is 5.91 Å². The molecule has 0 aromatic rings. The first-order chi connectivity index (χ1) is 8.42. The standard InChI is InChI=1S/C10H21N2O5P/c1-2-3-4-11-5-6-12(10(13)9-11)7-8-17-18(14,15)16/h2-9H2,1H3,(H2,14,15,16). The summed E-state index contributed by atoms with van der Waals surface area (Å²) >= 11 is 0. The van der Waals surface area contributed by atoms with E-state index in [1.165, 1.54) is 0 Å². The molecule has 0 unspecified atom stereocenters. The molecule has 2 N–H and O–H groups in total. The minimum Gasteiger partial charge on any atom is -0.338 e. The van der Waals surface area contributed by atoms with Gasteiger partial charge in [0.1, 0.15) is 0 Å². The number of phosphoric ester groups is 1. The molecule has 106 valence electrons. The molecule has 0 saturated carbocycles. The highest BCUT2D eigenvalue weighted by Gasteiger charge is 2.24. The highest BCUT2D eigenvalue weighted by atomic mass is 31.2. The third kappa shape index (κ3) is 5.93. The third-order valence-corrected chi connectivity index (χ3v) is 3.37. The number of rotatable bonds is 7. The maximum Gasteiger partial charge on any atom is 0.469 e. The Balaban J connectivity index is 2.25.